The minimum atomic E-state index is -3.63. The van der Waals surface area contributed by atoms with Crippen LogP contribution in [0.5, 0.6) is 11.5 Å². The Morgan fingerprint density at radius 1 is 0.857 bits per heavy atom. The summed E-state index contributed by atoms with van der Waals surface area (Å²) in [4.78, 5) is 13.9. The molecule has 3 aromatic rings. The largest absolute Gasteiger partial charge is 0.457 e. The Morgan fingerprint density at radius 3 is 2.11 bits per heavy atom. The molecule has 0 aromatic heterocycles. The summed E-state index contributed by atoms with van der Waals surface area (Å²) in [5.74, 6) is 0.380. The average Bonchev–Trinajstić information content (AvgIpc) is 2.92. The van der Waals surface area contributed by atoms with E-state index in [4.69, 9.17) is 4.74 Å². The Morgan fingerprint density at radius 2 is 1.46 bits per heavy atom. The third-order valence-electron chi connectivity index (χ3n) is 4.62. The molecule has 1 saturated heterocycles. The van der Waals surface area contributed by atoms with Crippen molar-refractivity contribution in [3.8, 4) is 11.5 Å². The molecule has 6 heteroatoms. The predicted octanol–water partition coefficient (Wildman–Crippen LogP) is 4.25. The number of anilines is 1. The van der Waals surface area contributed by atoms with Crippen LogP contribution >= 0.6 is 0 Å². The summed E-state index contributed by atoms with van der Waals surface area (Å²) >= 11 is 0. The molecular formula is C22H19NO4S. The maximum Gasteiger partial charge on any atom is 0.243 e. The molecule has 1 fully saturated rings. The number of benzene rings is 3. The van der Waals surface area contributed by atoms with E-state index in [1.54, 1.807) is 36.4 Å². The summed E-state index contributed by atoms with van der Waals surface area (Å²) in [5.41, 5.74) is 2.15. The highest BCUT2D eigenvalue weighted by atomic mass is 32.2. The van der Waals surface area contributed by atoms with Gasteiger partial charge in [-0.15, -0.1) is 0 Å². The molecule has 28 heavy (non-hydrogen) atoms. The van der Waals surface area contributed by atoms with Crippen molar-refractivity contribution < 1.29 is 17.9 Å². The molecule has 142 valence electrons. The van der Waals surface area contributed by atoms with Crippen LogP contribution in [0.3, 0.4) is 0 Å². The van der Waals surface area contributed by atoms with E-state index < -0.39 is 26.9 Å². The molecule has 0 N–H and O–H groups in total. The van der Waals surface area contributed by atoms with Crippen molar-refractivity contribution in [2.75, 3.05) is 10.7 Å². The van der Waals surface area contributed by atoms with Crippen molar-refractivity contribution in [1.29, 1.82) is 0 Å². The van der Waals surface area contributed by atoms with E-state index in [-0.39, 0.29) is 0 Å². The highest BCUT2D eigenvalue weighted by Crippen LogP contribution is 2.38. The molecule has 0 spiro atoms. The molecular weight excluding hydrogens is 374 g/mol. The first-order valence-electron chi connectivity index (χ1n) is 8.87. The van der Waals surface area contributed by atoms with Crippen molar-refractivity contribution in [2.45, 2.75) is 12.3 Å². The molecule has 1 aliphatic rings. The second-order valence-corrected chi connectivity index (χ2v) is 8.80. The van der Waals surface area contributed by atoms with Crippen LogP contribution in [0.4, 0.5) is 5.69 Å². The summed E-state index contributed by atoms with van der Waals surface area (Å²) in [7, 11) is -3.63. The van der Waals surface area contributed by atoms with Gasteiger partial charge >= 0.3 is 0 Å². The van der Waals surface area contributed by atoms with Gasteiger partial charge in [-0.05, 0) is 48.9 Å². The summed E-state index contributed by atoms with van der Waals surface area (Å²) in [6.07, 6.45) is 0. The van der Waals surface area contributed by atoms with E-state index in [0.717, 1.165) is 5.56 Å². The molecule has 0 unspecified atom stereocenters. The van der Waals surface area contributed by atoms with Crippen molar-refractivity contribution >= 4 is 21.4 Å². The molecule has 0 aliphatic carbocycles. The zero-order valence-corrected chi connectivity index (χ0v) is 16.1. The quantitative estimate of drug-likeness (QED) is 0.665. The third kappa shape index (κ3) is 3.51. The highest BCUT2D eigenvalue weighted by molar-refractivity contribution is 7.93. The number of hydrogen-bond acceptors (Lipinski definition) is 4. The number of hydrogen-bond donors (Lipinski definition) is 0. The molecule has 1 aliphatic heterocycles. The highest BCUT2D eigenvalue weighted by Gasteiger charge is 2.45. The Hall–Kier alpha value is -3.12. The number of ether oxygens (including phenoxy) is 1. The number of carbonyl (C=O) groups is 1. The molecule has 1 atom stereocenters. The van der Waals surface area contributed by atoms with Crippen LogP contribution in [0.15, 0.2) is 78.9 Å². The summed E-state index contributed by atoms with van der Waals surface area (Å²) < 4.78 is 31.2. The Kier molecular flexibility index (Phi) is 4.65. The van der Waals surface area contributed by atoms with E-state index in [0.29, 0.717) is 22.7 Å². The van der Waals surface area contributed by atoms with Gasteiger partial charge in [-0.25, -0.2) is 8.42 Å². The number of nitrogens with zero attached hydrogens (tertiary/aromatic N) is 1. The number of aryl methyl sites for hydroxylation is 1. The van der Waals surface area contributed by atoms with Gasteiger partial charge in [0.2, 0.25) is 5.91 Å². The number of sulfone groups is 1. The lowest BCUT2D eigenvalue weighted by atomic mass is 10.1. The molecule has 1 amide bonds. The average molecular weight is 393 g/mol. The molecule has 0 saturated carbocycles. The van der Waals surface area contributed by atoms with E-state index in [1.807, 2.05) is 49.4 Å². The number of para-hydroxylation sites is 1. The summed E-state index contributed by atoms with van der Waals surface area (Å²) in [5, 5.41) is -1.03. The Labute approximate surface area is 164 Å². The first-order valence-corrected chi connectivity index (χ1v) is 10.6. The minimum Gasteiger partial charge on any atom is -0.457 e. The van der Waals surface area contributed by atoms with Gasteiger partial charge in [-0.2, -0.15) is 0 Å². The fourth-order valence-electron chi connectivity index (χ4n) is 3.28. The lowest BCUT2D eigenvalue weighted by Gasteiger charge is -2.24. The van der Waals surface area contributed by atoms with E-state index in [1.165, 1.54) is 4.90 Å². The fraction of sp³-hybridized carbons (Fsp3) is 0.136. The van der Waals surface area contributed by atoms with Crippen molar-refractivity contribution in [1.82, 2.24) is 0 Å². The van der Waals surface area contributed by atoms with E-state index in [9.17, 15) is 13.2 Å². The van der Waals surface area contributed by atoms with Crippen LogP contribution < -0.4 is 9.64 Å². The molecule has 0 bridgehead atoms. The van der Waals surface area contributed by atoms with Crippen LogP contribution in [0.2, 0.25) is 0 Å². The lowest BCUT2D eigenvalue weighted by molar-refractivity contribution is -0.115. The number of amides is 1. The number of carbonyl (C=O) groups excluding carboxylic acids is 1. The summed E-state index contributed by atoms with van der Waals surface area (Å²) in [6, 6.07) is 23.4. The van der Waals surface area contributed by atoms with E-state index >= 15 is 0 Å². The normalized spacial score (nSPS) is 18.2. The zero-order valence-electron chi connectivity index (χ0n) is 15.3. The first kappa shape index (κ1) is 18.3. The van der Waals surface area contributed by atoms with Crippen LogP contribution in [0.25, 0.3) is 0 Å². The third-order valence-corrected chi connectivity index (χ3v) is 6.44. The van der Waals surface area contributed by atoms with Gasteiger partial charge in [0.25, 0.3) is 0 Å². The van der Waals surface area contributed by atoms with Crippen LogP contribution in [-0.4, -0.2) is 20.1 Å². The van der Waals surface area contributed by atoms with Gasteiger partial charge in [0, 0.05) is 5.69 Å². The van der Waals surface area contributed by atoms with Gasteiger partial charge in [0.15, 0.2) is 15.2 Å². The first-order chi connectivity index (χ1) is 13.4. The molecule has 4 rings (SSSR count). The topological polar surface area (TPSA) is 63.7 Å². The summed E-state index contributed by atoms with van der Waals surface area (Å²) in [6.45, 7) is 1.94. The van der Waals surface area contributed by atoms with Gasteiger partial charge in [-0.1, -0.05) is 48.0 Å². The van der Waals surface area contributed by atoms with Crippen molar-refractivity contribution in [3.05, 3.63) is 90.0 Å². The van der Waals surface area contributed by atoms with Gasteiger partial charge in [-0.3, -0.25) is 9.69 Å². The van der Waals surface area contributed by atoms with Crippen LogP contribution in [0.1, 0.15) is 16.5 Å². The maximum atomic E-state index is 12.7. The molecule has 0 radical (unpaired) electrons. The number of rotatable bonds is 4. The van der Waals surface area contributed by atoms with Gasteiger partial charge in [0.1, 0.15) is 17.3 Å². The fourth-order valence-corrected chi connectivity index (χ4v) is 5.05. The van der Waals surface area contributed by atoms with Crippen molar-refractivity contribution in [2.24, 2.45) is 0 Å². The van der Waals surface area contributed by atoms with Gasteiger partial charge < -0.3 is 4.74 Å². The SMILES string of the molecule is Cc1ccc(N2C(=O)CS(=O)(=O)[C@H]2c2ccc(Oc3ccccc3)cc2)cc1. The maximum absolute atomic E-state index is 12.7. The molecule has 5 nitrogen and oxygen atoms in total. The Bertz CT molecular complexity index is 1090. The smallest absolute Gasteiger partial charge is 0.243 e. The minimum absolute atomic E-state index is 0.418. The van der Waals surface area contributed by atoms with Crippen LogP contribution in [0, 0.1) is 6.92 Å². The monoisotopic (exact) mass is 393 g/mol. The van der Waals surface area contributed by atoms with Crippen LogP contribution in [-0.2, 0) is 14.6 Å². The zero-order chi connectivity index (χ0) is 19.7. The standard InChI is InChI=1S/C22H19NO4S/c1-16-7-11-18(12-8-16)23-21(24)15-28(25,26)22(23)17-9-13-20(14-10-17)27-19-5-3-2-4-6-19/h2-14,22H,15H2,1H3/t22-/m0/s1. The predicted molar refractivity (Wildman–Crippen MR) is 108 cm³/mol. The molecule has 1 heterocycles. The van der Waals surface area contributed by atoms with Crippen molar-refractivity contribution in [3.63, 3.8) is 0 Å². The lowest BCUT2D eigenvalue weighted by Crippen LogP contribution is -2.29. The van der Waals surface area contributed by atoms with E-state index in [2.05, 4.69) is 0 Å². The van der Waals surface area contributed by atoms with Gasteiger partial charge in [0.05, 0.1) is 0 Å². The Balaban J connectivity index is 1.66. The molecule has 3 aromatic carbocycles. The second-order valence-electron chi connectivity index (χ2n) is 6.74. The second kappa shape index (κ2) is 7.13.